The Kier molecular flexibility index (Phi) is 5.88. The maximum absolute atomic E-state index is 12.9. The molecule has 1 saturated carbocycles. The summed E-state index contributed by atoms with van der Waals surface area (Å²) in [5.41, 5.74) is 6.41. The van der Waals surface area contributed by atoms with Crippen LogP contribution in [0.3, 0.4) is 0 Å². The van der Waals surface area contributed by atoms with E-state index in [1.807, 2.05) is 30.3 Å². The van der Waals surface area contributed by atoms with Crippen LogP contribution in [-0.4, -0.2) is 41.9 Å². The Morgan fingerprint density at radius 1 is 1.21 bits per heavy atom. The number of carbonyl (C=O) groups excluding carboxylic acids is 2. The third kappa shape index (κ3) is 3.42. The highest BCUT2D eigenvalue weighted by atomic mass is 35.5. The number of benzene rings is 1. The van der Waals surface area contributed by atoms with Crippen LogP contribution in [0.25, 0.3) is 0 Å². The van der Waals surface area contributed by atoms with Crippen LogP contribution in [0.1, 0.15) is 38.5 Å². The van der Waals surface area contributed by atoms with E-state index in [9.17, 15) is 9.59 Å². The second kappa shape index (κ2) is 7.53. The molecule has 24 heavy (non-hydrogen) atoms. The van der Waals surface area contributed by atoms with Crippen molar-refractivity contribution >= 4 is 29.9 Å². The summed E-state index contributed by atoms with van der Waals surface area (Å²) in [6, 6.07) is 9.25. The molecule has 2 amide bonds. The number of rotatable bonds is 3. The predicted octanol–water partition coefficient (Wildman–Crippen LogP) is 2.33. The van der Waals surface area contributed by atoms with Gasteiger partial charge in [-0.2, -0.15) is 0 Å². The van der Waals surface area contributed by atoms with Gasteiger partial charge in [0.15, 0.2) is 0 Å². The van der Waals surface area contributed by atoms with Gasteiger partial charge in [-0.3, -0.25) is 9.59 Å². The lowest BCUT2D eigenvalue weighted by Gasteiger charge is -2.39. The standard InChI is InChI=1S/C18H25N3O2.ClH/c1-20(17(23)18(19)11-5-6-12-18)15-10-7-13-21(16(15)22)14-8-3-2-4-9-14;/h2-4,8-9,15H,5-7,10-13,19H2,1H3;1H. The molecule has 6 heteroatoms. The highest BCUT2D eigenvalue weighted by Crippen LogP contribution is 2.31. The van der Waals surface area contributed by atoms with Crippen molar-refractivity contribution in [3.63, 3.8) is 0 Å². The van der Waals surface area contributed by atoms with Crippen LogP contribution < -0.4 is 10.6 Å². The first-order chi connectivity index (χ1) is 11.0. The Bertz CT molecular complexity index is 587. The summed E-state index contributed by atoms with van der Waals surface area (Å²) in [6.45, 7) is 0.704. The van der Waals surface area contributed by atoms with E-state index in [4.69, 9.17) is 5.73 Å². The monoisotopic (exact) mass is 351 g/mol. The van der Waals surface area contributed by atoms with Gasteiger partial charge in [0.2, 0.25) is 11.8 Å². The molecule has 0 bridgehead atoms. The molecule has 0 spiro atoms. The van der Waals surface area contributed by atoms with E-state index in [1.165, 1.54) is 0 Å². The number of hydrogen-bond acceptors (Lipinski definition) is 3. The predicted molar refractivity (Wildman–Crippen MR) is 97.2 cm³/mol. The van der Waals surface area contributed by atoms with Crippen molar-refractivity contribution in [2.45, 2.75) is 50.1 Å². The van der Waals surface area contributed by atoms with Crippen molar-refractivity contribution in [3.05, 3.63) is 30.3 Å². The molecule has 0 aromatic heterocycles. The van der Waals surface area contributed by atoms with Crippen molar-refractivity contribution in [3.8, 4) is 0 Å². The van der Waals surface area contributed by atoms with Crippen molar-refractivity contribution in [2.75, 3.05) is 18.5 Å². The summed E-state index contributed by atoms with van der Waals surface area (Å²) >= 11 is 0. The smallest absolute Gasteiger partial charge is 0.249 e. The molecule has 1 aromatic carbocycles. The van der Waals surface area contributed by atoms with Crippen molar-refractivity contribution in [1.82, 2.24) is 4.90 Å². The first-order valence-corrected chi connectivity index (χ1v) is 8.45. The zero-order valence-electron chi connectivity index (χ0n) is 14.1. The van der Waals surface area contributed by atoms with Crippen LogP contribution in [0.4, 0.5) is 5.69 Å². The second-order valence-electron chi connectivity index (χ2n) is 6.76. The minimum atomic E-state index is -0.774. The molecule has 1 heterocycles. The SMILES string of the molecule is CN(C(=O)C1(N)CCCC1)C1CCCN(c2ccccc2)C1=O.Cl. The number of nitrogens with zero attached hydrogens (tertiary/aromatic N) is 2. The summed E-state index contributed by atoms with van der Waals surface area (Å²) in [5, 5.41) is 0. The van der Waals surface area contributed by atoms with E-state index in [0.29, 0.717) is 13.0 Å². The maximum atomic E-state index is 12.9. The second-order valence-corrected chi connectivity index (χ2v) is 6.76. The van der Waals surface area contributed by atoms with Gasteiger partial charge in [-0.15, -0.1) is 12.4 Å². The summed E-state index contributed by atoms with van der Waals surface area (Å²) in [4.78, 5) is 29.1. The molecule has 1 aliphatic heterocycles. The Labute approximate surface area is 149 Å². The van der Waals surface area contributed by atoms with Crippen molar-refractivity contribution in [2.24, 2.45) is 5.73 Å². The maximum Gasteiger partial charge on any atom is 0.249 e. The molecule has 1 atom stereocenters. The van der Waals surface area contributed by atoms with Crippen LogP contribution in [0.2, 0.25) is 0 Å². The Morgan fingerprint density at radius 2 is 1.83 bits per heavy atom. The number of amides is 2. The molecule has 1 saturated heterocycles. The first kappa shape index (κ1) is 18.7. The van der Waals surface area contributed by atoms with Crippen LogP contribution in [0.5, 0.6) is 0 Å². The molecule has 0 radical (unpaired) electrons. The lowest BCUT2D eigenvalue weighted by Crippen LogP contribution is -2.59. The third-order valence-corrected chi connectivity index (χ3v) is 5.19. The first-order valence-electron chi connectivity index (χ1n) is 8.45. The van der Waals surface area contributed by atoms with Crippen molar-refractivity contribution < 1.29 is 9.59 Å². The van der Waals surface area contributed by atoms with E-state index in [-0.39, 0.29) is 24.2 Å². The molecule has 2 N–H and O–H groups in total. The van der Waals surface area contributed by atoms with Crippen LogP contribution in [-0.2, 0) is 9.59 Å². The molecule has 5 nitrogen and oxygen atoms in total. The molecular formula is C18H26ClN3O2. The average molecular weight is 352 g/mol. The van der Waals surface area contributed by atoms with Gasteiger partial charge in [0, 0.05) is 19.3 Å². The van der Waals surface area contributed by atoms with E-state index in [0.717, 1.165) is 37.8 Å². The van der Waals surface area contributed by atoms with Gasteiger partial charge in [-0.1, -0.05) is 31.0 Å². The van der Waals surface area contributed by atoms with Gasteiger partial charge in [-0.25, -0.2) is 0 Å². The molecule has 2 fully saturated rings. The summed E-state index contributed by atoms with van der Waals surface area (Å²) in [6.07, 6.45) is 5.02. The molecular weight excluding hydrogens is 326 g/mol. The normalized spacial score (nSPS) is 22.8. The number of para-hydroxylation sites is 1. The number of hydrogen-bond donors (Lipinski definition) is 1. The molecule has 2 aliphatic rings. The highest BCUT2D eigenvalue weighted by Gasteiger charge is 2.43. The Hall–Kier alpha value is -1.59. The van der Waals surface area contributed by atoms with Crippen LogP contribution in [0.15, 0.2) is 30.3 Å². The van der Waals surface area contributed by atoms with Crippen LogP contribution >= 0.6 is 12.4 Å². The molecule has 132 valence electrons. The van der Waals surface area contributed by atoms with Gasteiger partial charge < -0.3 is 15.5 Å². The molecule has 1 aromatic rings. The van der Waals surface area contributed by atoms with Gasteiger partial charge >= 0.3 is 0 Å². The fraction of sp³-hybridized carbons (Fsp3) is 0.556. The number of carbonyl (C=O) groups is 2. The Balaban J connectivity index is 0.00000208. The minimum Gasteiger partial charge on any atom is -0.332 e. The number of halogens is 1. The van der Waals surface area contributed by atoms with E-state index < -0.39 is 11.6 Å². The summed E-state index contributed by atoms with van der Waals surface area (Å²) in [5.74, 6) is -0.0804. The quantitative estimate of drug-likeness (QED) is 0.908. The summed E-state index contributed by atoms with van der Waals surface area (Å²) < 4.78 is 0. The largest absolute Gasteiger partial charge is 0.332 e. The lowest BCUT2D eigenvalue weighted by molar-refractivity contribution is -0.143. The topological polar surface area (TPSA) is 66.6 Å². The summed E-state index contributed by atoms with van der Waals surface area (Å²) in [7, 11) is 1.73. The van der Waals surface area contributed by atoms with E-state index in [2.05, 4.69) is 0 Å². The fourth-order valence-corrected chi connectivity index (χ4v) is 3.79. The van der Waals surface area contributed by atoms with Gasteiger partial charge in [-0.05, 0) is 37.8 Å². The van der Waals surface area contributed by atoms with Crippen LogP contribution in [0, 0.1) is 0 Å². The number of nitrogens with two attached hydrogens (primary N) is 1. The average Bonchev–Trinajstić information content (AvgIpc) is 3.02. The van der Waals surface area contributed by atoms with E-state index >= 15 is 0 Å². The molecule has 1 unspecified atom stereocenters. The van der Waals surface area contributed by atoms with Crippen molar-refractivity contribution in [1.29, 1.82) is 0 Å². The fourth-order valence-electron chi connectivity index (χ4n) is 3.79. The third-order valence-electron chi connectivity index (χ3n) is 5.19. The Morgan fingerprint density at radius 3 is 2.46 bits per heavy atom. The number of anilines is 1. The highest BCUT2D eigenvalue weighted by molar-refractivity contribution is 6.00. The minimum absolute atomic E-state index is 0. The zero-order chi connectivity index (χ0) is 16.4. The molecule has 1 aliphatic carbocycles. The lowest BCUT2D eigenvalue weighted by atomic mass is 9.94. The van der Waals surface area contributed by atoms with Gasteiger partial charge in [0.25, 0.3) is 0 Å². The van der Waals surface area contributed by atoms with Gasteiger partial charge in [0.05, 0.1) is 5.54 Å². The zero-order valence-corrected chi connectivity index (χ0v) is 14.9. The molecule has 3 rings (SSSR count). The van der Waals surface area contributed by atoms with Gasteiger partial charge in [0.1, 0.15) is 6.04 Å². The van der Waals surface area contributed by atoms with E-state index in [1.54, 1.807) is 16.8 Å². The number of piperidine rings is 1. The number of likely N-dealkylation sites (N-methyl/N-ethyl adjacent to an activating group) is 1.